The van der Waals surface area contributed by atoms with Gasteiger partial charge in [-0.1, -0.05) is 12.7 Å². The van der Waals surface area contributed by atoms with Gasteiger partial charge >= 0.3 is 0 Å². The van der Waals surface area contributed by atoms with E-state index in [2.05, 4.69) is 6.58 Å². The summed E-state index contributed by atoms with van der Waals surface area (Å²) in [5, 5.41) is 0. The van der Waals surface area contributed by atoms with Gasteiger partial charge in [0.2, 0.25) is 0 Å². The van der Waals surface area contributed by atoms with Crippen molar-refractivity contribution in [1.29, 1.82) is 0 Å². The molecule has 0 aliphatic heterocycles. The van der Waals surface area contributed by atoms with Gasteiger partial charge in [-0.15, -0.1) is 0 Å². The topological polar surface area (TPSA) is 18.5 Å². The lowest BCUT2D eigenvalue weighted by molar-refractivity contribution is 0.336. The maximum absolute atomic E-state index is 5.33. The molecule has 0 fully saturated rings. The van der Waals surface area contributed by atoms with Crippen LogP contribution in [0.3, 0.4) is 0 Å². The third-order valence-corrected chi connectivity index (χ3v) is 1.74. The molecule has 0 bridgehead atoms. The average molecular weight is 178 g/mol. The van der Waals surface area contributed by atoms with Crippen LogP contribution in [0.5, 0.6) is 11.5 Å². The lowest BCUT2D eigenvalue weighted by atomic mass is 10.2. The summed E-state index contributed by atoms with van der Waals surface area (Å²) in [6.07, 6.45) is 1.76. The highest BCUT2D eigenvalue weighted by Gasteiger charge is 2.00. The van der Waals surface area contributed by atoms with E-state index in [1.165, 1.54) is 0 Å². The van der Waals surface area contributed by atoms with E-state index in [1.807, 2.05) is 25.1 Å². The third-order valence-electron chi connectivity index (χ3n) is 1.74. The lowest BCUT2D eigenvalue weighted by Gasteiger charge is -2.07. The highest BCUT2D eigenvalue weighted by Crippen LogP contribution is 2.25. The predicted molar refractivity (Wildman–Crippen MR) is 54.3 cm³/mol. The number of benzene rings is 1. The molecule has 0 unspecified atom stereocenters. The molecule has 70 valence electrons. The highest BCUT2D eigenvalue weighted by molar-refractivity contribution is 5.57. The Labute approximate surface area is 78.8 Å². The second-order valence-corrected chi connectivity index (χ2v) is 2.54. The molecule has 0 N–H and O–H groups in total. The normalized spacial score (nSPS) is 9.38. The molecule has 1 aromatic rings. The first-order chi connectivity index (χ1) is 6.31. The number of rotatable bonds is 4. The van der Waals surface area contributed by atoms with Gasteiger partial charge in [-0.3, -0.25) is 0 Å². The largest absolute Gasteiger partial charge is 0.496 e. The molecule has 0 aliphatic rings. The molecule has 0 radical (unpaired) electrons. The fourth-order valence-corrected chi connectivity index (χ4v) is 1.12. The van der Waals surface area contributed by atoms with Crippen LogP contribution in [0.25, 0.3) is 6.08 Å². The summed E-state index contributed by atoms with van der Waals surface area (Å²) in [5.41, 5.74) is 0.978. The van der Waals surface area contributed by atoms with Crippen molar-refractivity contribution in [3.63, 3.8) is 0 Å². The van der Waals surface area contributed by atoms with Crippen molar-refractivity contribution in [1.82, 2.24) is 0 Å². The zero-order chi connectivity index (χ0) is 9.68. The Morgan fingerprint density at radius 1 is 1.46 bits per heavy atom. The molecular weight excluding hydrogens is 164 g/mol. The summed E-state index contributed by atoms with van der Waals surface area (Å²) < 4.78 is 10.5. The Balaban J connectivity index is 2.98. The zero-order valence-electron chi connectivity index (χ0n) is 8.04. The predicted octanol–water partition coefficient (Wildman–Crippen LogP) is 2.74. The van der Waals surface area contributed by atoms with Crippen LogP contribution in [0, 0.1) is 0 Å². The first-order valence-corrected chi connectivity index (χ1v) is 4.25. The minimum absolute atomic E-state index is 0.663. The van der Waals surface area contributed by atoms with E-state index in [-0.39, 0.29) is 0 Å². The summed E-state index contributed by atoms with van der Waals surface area (Å²) in [6, 6.07) is 5.69. The molecular formula is C11H14O2. The SMILES string of the molecule is C=Cc1ccc(OCC)cc1OC. The summed E-state index contributed by atoms with van der Waals surface area (Å²) in [4.78, 5) is 0. The van der Waals surface area contributed by atoms with E-state index in [9.17, 15) is 0 Å². The quantitative estimate of drug-likeness (QED) is 0.705. The first-order valence-electron chi connectivity index (χ1n) is 4.25. The van der Waals surface area contributed by atoms with Gasteiger partial charge in [0.15, 0.2) is 0 Å². The maximum Gasteiger partial charge on any atom is 0.129 e. The molecule has 0 spiro atoms. The van der Waals surface area contributed by atoms with Crippen LogP contribution in [-0.2, 0) is 0 Å². The van der Waals surface area contributed by atoms with Gasteiger partial charge in [0.05, 0.1) is 13.7 Å². The van der Waals surface area contributed by atoms with Crippen molar-refractivity contribution in [3.8, 4) is 11.5 Å². The minimum atomic E-state index is 0.663. The van der Waals surface area contributed by atoms with E-state index in [4.69, 9.17) is 9.47 Å². The number of methoxy groups -OCH3 is 1. The van der Waals surface area contributed by atoms with Gasteiger partial charge in [0.25, 0.3) is 0 Å². The first kappa shape index (κ1) is 9.65. The summed E-state index contributed by atoms with van der Waals surface area (Å²) in [5.74, 6) is 1.62. The second-order valence-electron chi connectivity index (χ2n) is 2.54. The lowest BCUT2D eigenvalue weighted by Crippen LogP contribution is -1.93. The van der Waals surface area contributed by atoms with Crippen molar-refractivity contribution >= 4 is 6.08 Å². The smallest absolute Gasteiger partial charge is 0.129 e. The molecule has 0 saturated carbocycles. The van der Waals surface area contributed by atoms with Gasteiger partial charge in [0, 0.05) is 11.6 Å². The molecule has 2 nitrogen and oxygen atoms in total. The van der Waals surface area contributed by atoms with Crippen molar-refractivity contribution in [2.24, 2.45) is 0 Å². The molecule has 0 heterocycles. The Hall–Kier alpha value is -1.44. The van der Waals surface area contributed by atoms with Crippen LogP contribution < -0.4 is 9.47 Å². The molecule has 0 aliphatic carbocycles. The maximum atomic E-state index is 5.33. The molecule has 0 atom stereocenters. The van der Waals surface area contributed by atoms with Crippen molar-refractivity contribution in [2.75, 3.05) is 13.7 Å². The third kappa shape index (κ3) is 2.25. The molecule has 13 heavy (non-hydrogen) atoms. The minimum Gasteiger partial charge on any atom is -0.496 e. The molecule has 1 rings (SSSR count). The van der Waals surface area contributed by atoms with Crippen molar-refractivity contribution in [3.05, 3.63) is 30.3 Å². The van der Waals surface area contributed by atoms with E-state index in [0.29, 0.717) is 6.61 Å². The standard InChI is InChI=1S/C11H14O2/c1-4-9-6-7-10(13-5-2)8-11(9)12-3/h4,6-8H,1,5H2,2-3H3. The van der Waals surface area contributed by atoms with Gasteiger partial charge in [-0.05, 0) is 19.1 Å². The van der Waals surface area contributed by atoms with Gasteiger partial charge < -0.3 is 9.47 Å². The summed E-state index contributed by atoms with van der Waals surface area (Å²) in [7, 11) is 1.64. The van der Waals surface area contributed by atoms with Crippen LogP contribution in [0.1, 0.15) is 12.5 Å². The fourth-order valence-electron chi connectivity index (χ4n) is 1.12. The molecule has 2 heteroatoms. The van der Waals surface area contributed by atoms with Gasteiger partial charge in [-0.25, -0.2) is 0 Å². The molecule has 0 saturated heterocycles. The second kappa shape index (κ2) is 4.55. The number of hydrogen-bond donors (Lipinski definition) is 0. The Morgan fingerprint density at radius 2 is 2.23 bits per heavy atom. The van der Waals surface area contributed by atoms with Crippen LogP contribution in [0.15, 0.2) is 24.8 Å². The Morgan fingerprint density at radius 3 is 2.77 bits per heavy atom. The summed E-state index contributed by atoms with van der Waals surface area (Å²) in [6.45, 7) is 6.31. The fraction of sp³-hybridized carbons (Fsp3) is 0.273. The summed E-state index contributed by atoms with van der Waals surface area (Å²) >= 11 is 0. The van der Waals surface area contributed by atoms with Gasteiger partial charge in [0.1, 0.15) is 11.5 Å². The van der Waals surface area contributed by atoms with E-state index >= 15 is 0 Å². The van der Waals surface area contributed by atoms with Gasteiger partial charge in [-0.2, -0.15) is 0 Å². The zero-order valence-corrected chi connectivity index (χ0v) is 8.04. The average Bonchev–Trinajstić information content (AvgIpc) is 2.18. The Bertz CT molecular complexity index is 292. The van der Waals surface area contributed by atoms with Crippen LogP contribution in [0.2, 0.25) is 0 Å². The number of hydrogen-bond acceptors (Lipinski definition) is 2. The molecule has 1 aromatic carbocycles. The Kier molecular flexibility index (Phi) is 3.38. The highest BCUT2D eigenvalue weighted by atomic mass is 16.5. The molecule has 0 amide bonds. The van der Waals surface area contributed by atoms with E-state index < -0.39 is 0 Å². The van der Waals surface area contributed by atoms with E-state index in [1.54, 1.807) is 13.2 Å². The number of ether oxygens (including phenoxy) is 2. The molecule has 0 aromatic heterocycles. The van der Waals surface area contributed by atoms with Crippen molar-refractivity contribution in [2.45, 2.75) is 6.92 Å². The van der Waals surface area contributed by atoms with Crippen LogP contribution in [-0.4, -0.2) is 13.7 Å². The van der Waals surface area contributed by atoms with Crippen LogP contribution >= 0.6 is 0 Å². The monoisotopic (exact) mass is 178 g/mol. The van der Waals surface area contributed by atoms with Crippen molar-refractivity contribution < 1.29 is 9.47 Å². The van der Waals surface area contributed by atoms with Crippen LogP contribution in [0.4, 0.5) is 0 Å². The van der Waals surface area contributed by atoms with E-state index in [0.717, 1.165) is 17.1 Å².